The lowest BCUT2D eigenvalue weighted by molar-refractivity contribution is -0.143. The van der Waals surface area contributed by atoms with Crippen molar-refractivity contribution in [3.63, 3.8) is 0 Å². The number of aliphatic hydroxyl groups is 1. The molecule has 0 unspecified atom stereocenters. The Morgan fingerprint density at radius 3 is 2.34 bits per heavy atom. The average molecular weight is 702 g/mol. The number of halogens is 6. The van der Waals surface area contributed by atoms with E-state index < -0.39 is 72.0 Å². The first kappa shape index (κ1) is 35.6. The number of nitrogens with zero attached hydrogens (tertiary/aromatic N) is 2. The summed E-state index contributed by atoms with van der Waals surface area (Å²) in [6.07, 6.45) is -5.84. The first-order valence-electron chi connectivity index (χ1n) is 16.2. The maximum Gasteiger partial charge on any atom is 0.455 e. The monoisotopic (exact) mass is 702 g/mol. The van der Waals surface area contributed by atoms with Gasteiger partial charge in [-0.3, -0.25) is 14.6 Å². The van der Waals surface area contributed by atoms with Crippen molar-refractivity contribution in [1.29, 1.82) is 0 Å². The quantitative estimate of drug-likeness (QED) is 0.104. The SMILES string of the molecule is CCCC1=C2[C@@H](CC/C(=C/c3ccc(CO)o3)c3ccccn3)OB(O)C[C@@H]2[C@@H]2C(=O)N(c3cc(C(F)(F)F)cc(C(F)(F)F)c3)C(=O)[C@@H]2C1. The van der Waals surface area contributed by atoms with Crippen LogP contribution in [0, 0.1) is 17.8 Å². The van der Waals surface area contributed by atoms with Crippen LogP contribution >= 0.6 is 0 Å². The number of benzene rings is 1. The van der Waals surface area contributed by atoms with Gasteiger partial charge in [0.1, 0.15) is 18.1 Å². The lowest BCUT2D eigenvalue weighted by atomic mass is 9.58. The van der Waals surface area contributed by atoms with Gasteiger partial charge in [-0.25, -0.2) is 4.90 Å². The third-order valence-corrected chi connectivity index (χ3v) is 9.51. The van der Waals surface area contributed by atoms with Gasteiger partial charge >= 0.3 is 19.5 Å². The number of fused-ring (bicyclic) bond motifs is 3. The highest BCUT2D eigenvalue weighted by Gasteiger charge is 2.58. The number of carbonyl (C=O) groups is 2. The molecule has 1 aromatic carbocycles. The van der Waals surface area contributed by atoms with Crippen LogP contribution in [0.4, 0.5) is 32.0 Å². The molecule has 264 valence electrons. The Bertz CT molecular complexity index is 1790. The normalized spacial score (nSPS) is 23.1. The fourth-order valence-electron chi connectivity index (χ4n) is 7.47. The van der Waals surface area contributed by atoms with Crippen LogP contribution in [0.25, 0.3) is 11.6 Å². The summed E-state index contributed by atoms with van der Waals surface area (Å²) in [7, 11) is -1.35. The van der Waals surface area contributed by atoms with Crippen molar-refractivity contribution in [3.8, 4) is 0 Å². The number of aliphatic hydroxyl groups excluding tert-OH is 1. The van der Waals surface area contributed by atoms with Crippen molar-refractivity contribution in [2.24, 2.45) is 17.8 Å². The van der Waals surface area contributed by atoms with Gasteiger partial charge in [-0.05, 0) is 97.6 Å². The van der Waals surface area contributed by atoms with E-state index in [9.17, 15) is 46.1 Å². The molecule has 2 fully saturated rings. The van der Waals surface area contributed by atoms with Gasteiger partial charge in [-0.2, -0.15) is 26.3 Å². The number of hydrogen-bond acceptors (Lipinski definition) is 7. The van der Waals surface area contributed by atoms with Crippen molar-refractivity contribution in [1.82, 2.24) is 4.98 Å². The van der Waals surface area contributed by atoms with Gasteiger partial charge in [-0.1, -0.05) is 25.0 Å². The number of anilines is 1. The van der Waals surface area contributed by atoms with Crippen molar-refractivity contribution in [2.75, 3.05) is 4.90 Å². The highest BCUT2D eigenvalue weighted by Crippen LogP contribution is 2.53. The molecular formula is C35H33BF6N2O6. The van der Waals surface area contributed by atoms with Crippen LogP contribution in [0.2, 0.25) is 6.32 Å². The van der Waals surface area contributed by atoms with E-state index in [1.807, 2.05) is 19.1 Å². The smallest absolute Gasteiger partial charge is 0.455 e. The Labute approximate surface area is 283 Å². The van der Waals surface area contributed by atoms with Gasteiger partial charge in [0, 0.05) is 6.20 Å². The number of carbonyl (C=O) groups excluding carboxylic acids is 2. The number of imide groups is 1. The largest absolute Gasteiger partial charge is 0.459 e. The summed E-state index contributed by atoms with van der Waals surface area (Å²) in [5.41, 5.74) is -1.14. The Balaban J connectivity index is 1.35. The number of allylic oxidation sites excluding steroid dienone is 2. The summed E-state index contributed by atoms with van der Waals surface area (Å²) in [4.78, 5) is 32.8. The standard InChI is InChI=1S/C35H33BF6N2O6/c1-2-5-20-13-26-31(33(47)44(32(26)46)23-15-21(34(37,38)39)14-22(16-23)35(40,41)42)27-17-36(48)50-29(30(20)27)10-7-19(28-6-3-4-11-43-28)12-24-8-9-25(18-45)49-24/h3-4,6,8-9,11-12,14-16,26-27,29,31,45,48H,2,5,7,10,13,17-18H2,1H3/b19-12-/t26-,27+,29-,31-/m1/s1. The molecule has 3 aromatic rings. The average Bonchev–Trinajstić information content (AvgIpc) is 3.63. The maximum atomic E-state index is 14.0. The molecule has 0 bridgehead atoms. The predicted octanol–water partition coefficient (Wildman–Crippen LogP) is 7.33. The number of alkyl halides is 6. The summed E-state index contributed by atoms with van der Waals surface area (Å²) in [5, 5.41) is 20.4. The lowest BCUT2D eigenvalue weighted by Gasteiger charge is -2.43. The number of aromatic nitrogens is 1. The molecule has 0 radical (unpaired) electrons. The van der Waals surface area contributed by atoms with E-state index in [1.165, 1.54) is 0 Å². The van der Waals surface area contributed by atoms with Crippen molar-refractivity contribution >= 4 is 36.3 Å². The van der Waals surface area contributed by atoms with Gasteiger partial charge in [0.05, 0.1) is 40.4 Å². The fourth-order valence-corrected chi connectivity index (χ4v) is 7.47. The number of hydrogen-bond donors (Lipinski definition) is 2. The molecule has 6 rings (SSSR count). The predicted molar refractivity (Wildman–Crippen MR) is 170 cm³/mol. The van der Waals surface area contributed by atoms with Gasteiger partial charge in [0.25, 0.3) is 0 Å². The molecule has 1 aliphatic carbocycles. The minimum atomic E-state index is -5.17. The van der Waals surface area contributed by atoms with Crippen LogP contribution in [0.1, 0.15) is 67.4 Å². The second-order valence-electron chi connectivity index (χ2n) is 12.7. The Morgan fingerprint density at radius 2 is 1.74 bits per heavy atom. The van der Waals surface area contributed by atoms with Crippen LogP contribution in [-0.2, 0) is 33.2 Å². The van der Waals surface area contributed by atoms with Crippen LogP contribution in [0.3, 0.4) is 0 Å². The Morgan fingerprint density at radius 1 is 1.02 bits per heavy atom. The molecular weight excluding hydrogens is 669 g/mol. The number of rotatable bonds is 9. The minimum absolute atomic E-state index is 0.0505. The lowest BCUT2D eigenvalue weighted by Crippen LogP contribution is -2.46. The number of amides is 2. The molecule has 50 heavy (non-hydrogen) atoms. The third-order valence-electron chi connectivity index (χ3n) is 9.51. The first-order valence-corrected chi connectivity index (χ1v) is 16.2. The molecule has 2 amide bonds. The maximum absolute atomic E-state index is 14.0. The zero-order valence-electron chi connectivity index (χ0n) is 26.8. The van der Waals surface area contributed by atoms with E-state index in [4.69, 9.17) is 9.07 Å². The summed E-state index contributed by atoms with van der Waals surface area (Å²) >= 11 is 0. The summed E-state index contributed by atoms with van der Waals surface area (Å²) in [5.74, 6) is -3.83. The number of pyridine rings is 1. The van der Waals surface area contributed by atoms with Gasteiger partial charge in [-0.15, -0.1) is 0 Å². The van der Waals surface area contributed by atoms with E-state index >= 15 is 0 Å². The zero-order chi connectivity index (χ0) is 36.0. The summed E-state index contributed by atoms with van der Waals surface area (Å²) in [6, 6.07) is 9.45. The molecule has 8 nitrogen and oxygen atoms in total. The molecule has 2 saturated heterocycles. The van der Waals surface area contributed by atoms with E-state index in [2.05, 4.69) is 4.98 Å². The molecule has 0 spiro atoms. The van der Waals surface area contributed by atoms with Crippen LogP contribution in [0.15, 0.2) is 70.3 Å². The highest BCUT2D eigenvalue weighted by atomic mass is 19.4. The van der Waals surface area contributed by atoms with E-state index in [0.29, 0.717) is 59.9 Å². The fraction of sp³-hybridized carbons (Fsp3) is 0.400. The third kappa shape index (κ3) is 7.03. The van der Waals surface area contributed by atoms with Crippen LogP contribution in [0.5, 0.6) is 0 Å². The Kier molecular flexibility index (Phi) is 9.86. The molecule has 4 heterocycles. The second-order valence-corrected chi connectivity index (χ2v) is 12.7. The first-order chi connectivity index (χ1) is 23.7. The van der Waals surface area contributed by atoms with E-state index in [0.717, 1.165) is 16.7 Å². The summed E-state index contributed by atoms with van der Waals surface area (Å²) in [6.45, 7) is 1.64. The molecule has 2 N–H and O–H groups in total. The van der Waals surface area contributed by atoms with Crippen LogP contribution in [-0.4, -0.2) is 40.2 Å². The van der Waals surface area contributed by atoms with E-state index in [1.54, 1.807) is 30.5 Å². The zero-order valence-corrected chi connectivity index (χ0v) is 26.8. The van der Waals surface area contributed by atoms with Crippen molar-refractivity contribution in [3.05, 3.63) is 94.2 Å². The van der Waals surface area contributed by atoms with Gasteiger partial charge in [0.15, 0.2) is 0 Å². The highest BCUT2D eigenvalue weighted by molar-refractivity contribution is 6.43. The molecule has 2 aromatic heterocycles. The molecule has 2 aliphatic heterocycles. The summed E-state index contributed by atoms with van der Waals surface area (Å²) < 4.78 is 94.0. The topological polar surface area (TPSA) is 113 Å². The molecule has 0 saturated carbocycles. The number of furan rings is 1. The minimum Gasteiger partial charge on any atom is -0.459 e. The van der Waals surface area contributed by atoms with Crippen LogP contribution < -0.4 is 4.90 Å². The Hall–Kier alpha value is -4.21. The van der Waals surface area contributed by atoms with E-state index in [-0.39, 0.29) is 25.4 Å². The van der Waals surface area contributed by atoms with Gasteiger partial charge < -0.3 is 19.2 Å². The molecule has 15 heteroatoms. The molecule has 3 aliphatic rings. The van der Waals surface area contributed by atoms with Crippen molar-refractivity contribution < 1.29 is 55.1 Å². The van der Waals surface area contributed by atoms with Gasteiger partial charge in [0.2, 0.25) is 11.8 Å². The van der Waals surface area contributed by atoms with Crippen molar-refractivity contribution in [2.45, 2.75) is 70.4 Å². The molecule has 4 atom stereocenters. The second kappa shape index (κ2) is 13.8.